The van der Waals surface area contributed by atoms with Gasteiger partial charge in [0, 0.05) is 43.3 Å². The molecule has 0 spiro atoms. The third-order valence-corrected chi connectivity index (χ3v) is 5.01. The van der Waals surface area contributed by atoms with Crippen LogP contribution in [0.4, 0.5) is 0 Å². The summed E-state index contributed by atoms with van der Waals surface area (Å²) in [5.41, 5.74) is 3.30. The van der Waals surface area contributed by atoms with Crippen molar-refractivity contribution in [2.24, 2.45) is 5.10 Å². The topological polar surface area (TPSA) is 37.3 Å². The molecule has 0 radical (unpaired) electrons. The van der Waals surface area contributed by atoms with Gasteiger partial charge < -0.3 is 9.47 Å². The van der Waals surface area contributed by atoms with Crippen molar-refractivity contribution in [1.82, 2.24) is 9.91 Å². The Kier molecular flexibility index (Phi) is 6.58. The van der Waals surface area contributed by atoms with Gasteiger partial charge in [0.25, 0.3) is 0 Å². The van der Waals surface area contributed by atoms with Gasteiger partial charge in [-0.1, -0.05) is 23.7 Å². The molecule has 0 saturated carbocycles. The smallest absolute Gasteiger partial charge is 0.161 e. The number of hydrogen-bond acceptors (Lipinski definition) is 5. The first kappa shape index (κ1) is 19.5. The van der Waals surface area contributed by atoms with Crippen molar-refractivity contribution in [2.45, 2.75) is 13.5 Å². The van der Waals surface area contributed by atoms with E-state index < -0.39 is 0 Å². The third kappa shape index (κ3) is 5.15. The van der Waals surface area contributed by atoms with Crippen LogP contribution >= 0.6 is 11.6 Å². The normalized spacial score (nSPS) is 15.7. The summed E-state index contributed by atoms with van der Waals surface area (Å²) >= 11 is 5.96. The lowest BCUT2D eigenvalue weighted by molar-refractivity contribution is 0.130. The monoisotopic (exact) mass is 387 g/mol. The second-order valence-corrected chi connectivity index (χ2v) is 7.05. The molecule has 144 valence electrons. The first-order valence-corrected chi connectivity index (χ1v) is 9.46. The molecule has 1 aliphatic heterocycles. The Morgan fingerprint density at radius 2 is 1.63 bits per heavy atom. The van der Waals surface area contributed by atoms with Crippen LogP contribution in [0, 0.1) is 0 Å². The Bertz CT molecular complexity index is 785. The highest BCUT2D eigenvalue weighted by atomic mass is 35.5. The molecule has 0 amide bonds. The highest BCUT2D eigenvalue weighted by Crippen LogP contribution is 2.28. The lowest BCUT2D eigenvalue weighted by Crippen LogP contribution is -2.43. The maximum absolute atomic E-state index is 5.96. The Morgan fingerprint density at radius 1 is 0.963 bits per heavy atom. The van der Waals surface area contributed by atoms with Crippen LogP contribution in [0.1, 0.15) is 18.1 Å². The van der Waals surface area contributed by atoms with Crippen LogP contribution < -0.4 is 9.47 Å². The van der Waals surface area contributed by atoms with E-state index in [0.29, 0.717) is 0 Å². The molecule has 0 aromatic heterocycles. The van der Waals surface area contributed by atoms with Gasteiger partial charge in [-0.15, -0.1) is 0 Å². The summed E-state index contributed by atoms with van der Waals surface area (Å²) in [5.74, 6) is 1.45. The van der Waals surface area contributed by atoms with Crippen LogP contribution in [0.2, 0.25) is 5.02 Å². The molecule has 0 atom stereocenters. The molecule has 1 heterocycles. The summed E-state index contributed by atoms with van der Waals surface area (Å²) in [6.45, 7) is 6.79. The lowest BCUT2D eigenvalue weighted by atomic mass is 10.1. The molecule has 0 bridgehead atoms. The molecule has 1 saturated heterocycles. The molecule has 2 aromatic rings. The third-order valence-electron chi connectivity index (χ3n) is 4.76. The molecule has 27 heavy (non-hydrogen) atoms. The Morgan fingerprint density at radius 3 is 2.26 bits per heavy atom. The fourth-order valence-corrected chi connectivity index (χ4v) is 3.30. The number of hydrogen-bond donors (Lipinski definition) is 0. The number of rotatable bonds is 6. The number of halogens is 1. The molecule has 6 heteroatoms. The van der Waals surface area contributed by atoms with E-state index in [1.54, 1.807) is 14.2 Å². The van der Waals surface area contributed by atoms with Gasteiger partial charge in [0.1, 0.15) is 0 Å². The van der Waals surface area contributed by atoms with Crippen LogP contribution in [0.15, 0.2) is 47.6 Å². The second kappa shape index (κ2) is 9.11. The van der Waals surface area contributed by atoms with Crippen molar-refractivity contribution in [2.75, 3.05) is 40.4 Å². The number of hydrazone groups is 1. The molecular weight excluding hydrogens is 362 g/mol. The van der Waals surface area contributed by atoms with E-state index in [1.807, 2.05) is 37.3 Å². The van der Waals surface area contributed by atoms with Crippen LogP contribution in [0.25, 0.3) is 0 Å². The molecule has 3 rings (SSSR count). The van der Waals surface area contributed by atoms with E-state index in [9.17, 15) is 0 Å². The highest BCUT2D eigenvalue weighted by Gasteiger charge is 2.16. The molecule has 0 unspecified atom stereocenters. The Balaban J connectivity index is 1.58. The van der Waals surface area contributed by atoms with Gasteiger partial charge in [0.15, 0.2) is 11.5 Å². The summed E-state index contributed by atoms with van der Waals surface area (Å²) in [4.78, 5) is 2.45. The van der Waals surface area contributed by atoms with Gasteiger partial charge in [-0.2, -0.15) is 5.10 Å². The van der Waals surface area contributed by atoms with Crippen molar-refractivity contribution < 1.29 is 9.47 Å². The number of piperazine rings is 1. The minimum atomic E-state index is 0.720. The molecule has 0 N–H and O–H groups in total. The first-order valence-electron chi connectivity index (χ1n) is 9.08. The first-order chi connectivity index (χ1) is 13.1. The molecule has 1 aliphatic rings. The largest absolute Gasteiger partial charge is 0.493 e. The van der Waals surface area contributed by atoms with Crippen molar-refractivity contribution in [3.8, 4) is 11.5 Å². The maximum atomic E-state index is 5.96. The standard InChI is InChI=1S/C21H26ClN3O2/c1-16(18-6-9-20(26-2)21(14-18)27-3)23-25-12-10-24(11-13-25)15-17-4-7-19(22)8-5-17/h4-9,14H,10-13,15H2,1-3H3/b23-16-. The summed E-state index contributed by atoms with van der Waals surface area (Å²) in [5, 5.41) is 7.72. The summed E-state index contributed by atoms with van der Waals surface area (Å²) in [6.07, 6.45) is 0. The zero-order valence-electron chi connectivity index (χ0n) is 16.1. The maximum Gasteiger partial charge on any atom is 0.161 e. The summed E-state index contributed by atoms with van der Waals surface area (Å²) < 4.78 is 10.7. The van der Waals surface area contributed by atoms with Crippen molar-refractivity contribution in [1.29, 1.82) is 0 Å². The van der Waals surface area contributed by atoms with Crippen molar-refractivity contribution in [3.05, 3.63) is 58.6 Å². The predicted molar refractivity (Wildman–Crippen MR) is 110 cm³/mol. The van der Waals surface area contributed by atoms with Crippen LogP contribution in [0.5, 0.6) is 11.5 Å². The molecule has 2 aromatic carbocycles. The van der Waals surface area contributed by atoms with Crippen LogP contribution in [-0.4, -0.2) is 56.0 Å². The Hall–Kier alpha value is -2.24. The summed E-state index contributed by atoms with van der Waals surface area (Å²) in [6, 6.07) is 14.0. The van der Waals surface area contributed by atoms with Gasteiger partial charge in [0.05, 0.1) is 19.9 Å². The van der Waals surface area contributed by atoms with Crippen molar-refractivity contribution in [3.63, 3.8) is 0 Å². The zero-order valence-corrected chi connectivity index (χ0v) is 16.9. The minimum absolute atomic E-state index is 0.720. The molecule has 1 fully saturated rings. The summed E-state index contributed by atoms with van der Waals surface area (Å²) in [7, 11) is 3.29. The van der Waals surface area contributed by atoms with E-state index in [0.717, 1.165) is 60.5 Å². The lowest BCUT2D eigenvalue weighted by Gasteiger charge is -2.33. The van der Waals surface area contributed by atoms with Gasteiger partial charge >= 0.3 is 0 Å². The SMILES string of the molecule is COc1ccc(/C(C)=N\N2CCN(Cc3ccc(Cl)cc3)CC2)cc1OC. The van der Waals surface area contributed by atoms with E-state index in [1.165, 1.54) is 5.56 Å². The van der Waals surface area contributed by atoms with Crippen LogP contribution in [0.3, 0.4) is 0 Å². The predicted octanol–water partition coefficient (Wildman–Crippen LogP) is 3.90. The van der Waals surface area contributed by atoms with Gasteiger partial charge in [-0.3, -0.25) is 9.91 Å². The van der Waals surface area contributed by atoms with E-state index >= 15 is 0 Å². The van der Waals surface area contributed by atoms with Crippen molar-refractivity contribution >= 4 is 17.3 Å². The van der Waals surface area contributed by atoms with Gasteiger partial charge in [-0.05, 0) is 42.8 Å². The number of nitrogens with zero attached hydrogens (tertiary/aromatic N) is 3. The van der Waals surface area contributed by atoms with Crippen LogP contribution in [-0.2, 0) is 6.54 Å². The van der Waals surface area contributed by atoms with Gasteiger partial charge in [-0.25, -0.2) is 0 Å². The van der Waals surface area contributed by atoms with E-state index in [-0.39, 0.29) is 0 Å². The number of benzene rings is 2. The number of methoxy groups -OCH3 is 2. The quantitative estimate of drug-likeness (QED) is 0.704. The number of ether oxygens (including phenoxy) is 2. The average Bonchev–Trinajstić information content (AvgIpc) is 2.70. The average molecular weight is 388 g/mol. The highest BCUT2D eigenvalue weighted by molar-refractivity contribution is 6.30. The van der Waals surface area contributed by atoms with E-state index in [4.69, 9.17) is 26.2 Å². The molecule has 5 nitrogen and oxygen atoms in total. The molecule has 0 aliphatic carbocycles. The second-order valence-electron chi connectivity index (χ2n) is 6.61. The van der Waals surface area contributed by atoms with Gasteiger partial charge in [0.2, 0.25) is 0 Å². The molecular formula is C21H26ClN3O2. The Labute approximate surface area is 166 Å². The fraction of sp³-hybridized carbons (Fsp3) is 0.381. The zero-order chi connectivity index (χ0) is 19.2. The fourth-order valence-electron chi connectivity index (χ4n) is 3.17. The van der Waals surface area contributed by atoms with E-state index in [2.05, 4.69) is 22.0 Å². The minimum Gasteiger partial charge on any atom is -0.493 e.